The summed E-state index contributed by atoms with van der Waals surface area (Å²) in [7, 11) is 1.42. The number of ether oxygens (including phenoxy) is 1. The smallest absolute Gasteiger partial charge is 0.408 e. The molecule has 0 saturated carbocycles. The van der Waals surface area contributed by atoms with Crippen molar-refractivity contribution in [1.82, 2.24) is 10.2 Å². The van der Waals surface area contributed by atoms with Gasteiger partial charge in [-0.1, -0.05) is 19.9 Å². The number of benzene rings is 1. The minimum Gasteiger partial charge on any atom is -0.496 e. The second kappa shape index (κ2) is 8.22. The average Bonchev–Trinajstić information content (AvgIpc) is 2.47. The van der Waals surface area contributed by atoms with Crippen LogP contribution in [0.5, 0.6) is 5.75 Å². The number of alkyl halides is 3. The highest BCUT2D eigenvalue weighted by molar-refractivity contribution is 5.85. The molecular formula is C16H24ClF3N2O. The summed E-state index contributed by atoms with van der Waals surface area (Å²) in [5, 5.41) is 3.09. The van der Waals surface area contributed by atoms with E-state index < -0.39 is 12.2 Å². The highest BCUT2D eigenvalue weighted by Crippen LogP contribution is 2.42. The first-order chi connectivity index (χ1) is 10.3. The van der Waals surface area contributed by atoms with Gasteiger partial charge in [0.2, 0.25) is 0 Å². The van der Waals surface area contributed by atoms with Crippen molar-refractivity contribution in [3.8, 4) is 5.75 Å². The van der Waals surface area contributed by atoms with Gasteiger partial charge in [0.15, 0.2) is 0 Å². The van der Waals surface area contributed by atoms with Crippen molar-refractivity contribution in [2.75, 3.05) is 33.3 Å². The molecular weight excluding hydrogens is 329 g/mol. The van der Waals surface area contributed by atoms with Gasteiger partial charge >= 0.3 is 6.18 Å². The Morgan fingerprint density at radius 3 is 2.26 bits per heavy atom. The third-order valence-corrected chi connectivity index (χ3v) is 4.04. The van der Waals surface area contributed by atoms with Gasteiger partial charge in [-0.25, -0.2) is 0 Å². The van der Waals surface area contributed by atoms with Gasteiger partial charge in [0.1, 0.15) is 11.8 Å². The fourth-order valence-corrected chi connectivity index (χ4v) is 2.85. The Morgan fingerprint density at radius 2 is 1.78 bits per heavy atom. The van der Waals surface area contributed by atoms with E-state index in [4.69, 9.17) is 4.74 Å². The minimum absolute atomic E-state index is 0. The molecule has 0 aromatic heterocycles. The van der Waals surface area contributed by atoms with Crippen LogP contribution in [-0.2, 0) is 0 Å². The van der Waals surface area contributed by atoms with E-state index in [0.29, 0.717) is 31.9 Å². The van der Waals surface area contributed by atoms with Gasteiger partial charge < -0.3 is 10.1 Å². The fourth-order valence-electron chi connectivity index (χ4n) is 2.85. The number of methoxy groups -OCH3 is 1. The Labute approximate surface area is 141 Å². The van der Waals surface area contributed by atoms with Crippen molar-refractivity contribution in [2.45, 2.75) is 32.0 Å². The Bertz CT molecular complexity index is 503. The average molecular weight is 353 g/mol. The largest absolute Gasteiger partial charge is 0.496 e. The predicted octanol–water partition coefficient (Wildman–Crippen LogP) is 3.75. The number of halogens is 4. The lowest BCUT2D eigenvalue weighted by Crippen LogP contribution is -2.49. The number of nitrogens with one attached hydrogen (secondary N) is 1. The van der Waals surface area contributed by atoms with Crippen LogP contribution < -0.4 is 10.1 Å². The van der Waals surface area contributed by atoms with Crippen LogP contribution >= 0.6 is 12.4 Å². The third-order valence-electron chi connectivity index (χ3n) is 4.04. The van der Waals surface area contributed by atoms with Crippen LogP contribution in [0.4, 0.5) is 13.2 Å². The molecule has 1 atom stereocenters. The van der Waals surface area contributed by atoms with E-state index in [2.05, 4.69) is 5.32 Å². The quantitative estimate of drug-likeness (QED) is 0.893. The first-order valence-corrected chi connectivity index (χ1v) is 7.54. The zero-order chi connectivity index (χ0) is 16.3. The molecule has 23 heavy (non-hydrogen) atoms. The molecule has 0 bridgehead atoms. The lowest BCUT2D eigenvalue weighted by atomic mass is 9.95. The zero-order valence-electron chi connectivity index (χ0n) is 13.6. The molecule has 132 valence electrons. The number of piperazine rings is 1. The Balaban J connectivity index is 0.00000264. The Morgan fingerprint density at radius 1 is 1.17 bits per heavy atom. The molecule has 1 saturated heterocycles. The molecule has 0 aliphatic carbocycles. The van der Waals surface area contributed by atoms with Crippen molar-refractivity contribution in [1.29, 1.82) is 0 Å². The molecule has 1 aliphatic heterocycles. The molecule has 0 unspecified atom stereocenters. The highest BCUT2D eigenvalue weighted by Gasteiger charge is 2.46. The van der Waals surface area contributed by atoms with Crippen molar-refractivity contribution in [2.24, 2.45) is 0 Å². The summed E-state index contributed by atoms with van der Waals surface area (Å²) in [5.74, 6) is 0.465. The first kappa shape index (κ1) is 20.1. The monoisotopic (exact) mass is 352 g/mol. The van der Waals surface area contributed by atoms with E-state index in [1.807, 2.05) is 19.9 Å². The first-order valence-electron chi connectivity index (χ1n) is 7.54. The third kappa shape index (κ3) is 4.75. The SMILES string of the molecule is COc1ccc(C(C)C)cc1[C@@H](N1CCNCC1)C(F)(F)F.Cl. The molecule has 0 amide bonds. The molecule has 2 rings (SSSR count). The van der Waals surface area contributed by atoms with Gasteiger partial charge in [0.05, 0.1) is 7.11 Å². The van der Waals surface area contributed by atoms with Gasteiger partial charge in [0.25, 0.3) is 0 Å². The van der Waals surface area contributed by atoms with Crippen LogP contribution in [0, 0.1) is 0 Å². The van der Waals surface area contributed by atoms with E-state index in [-0.39, 0.29) is 23.9 Å². The van der Waals surface area contributed by atoms with E-state index in [9.17, 15) is 13.2 Å². The molecule has 1 heterocycles. The van der Waals surface area contributed by atoms with Gasteiger partial charge in [0, 0.05) is 31.7 Å². The molecule has 3 nitrogen and oxygen atoms in total. The van der Waals surface area contributed by atoms with Crippen molar-refractivity contribution in [3.05, 3.63) is 29.3 Å². The maximum Gasteiger partial charge on any atom is 0.408 e. The van der Waals surface area contributed by atoms with Crippen LogP contribution in [0.3, 0.4) is 0 Å². The van der Waals surface area contributed by atoms with Crippen LogP contribution in [0.15, 0.2) is 18.2 Å². The van der Waals surface area contributed by atoms with Crippen LogP contribution in [0.25, 0.3) is 0 Å². The maximum absolute atomic E-state index is 13.7. The fraction of sp³-hybridized carbons (Fsp3) is 0.625. The molecule has 7 heteroatoms. The molecule has 1 fully saturated rings. The number of nitrogens with zero attached hydrogens (tertiary/aromatic N) is 1. The summed E-state index contributed by atoms with van der Waals surface area (Å²) in [6.45, 7) is 5.83. The van der Waals surface area contributed by atoms with Crippen molar-refractivity contribution < 1.29 is 17.9 Å². The molecule has 0 radical (unpaired) electrons. The highest BCUT2D eigenvalue weighted by atomic mass is 35.5. The summed E-state index contributed by atoms with van der Waals surface area (Å²) in [6.07, 6.45) is -4.33. The van der Waals surface area contributed by atoms with E-state index in [0.717, 1.165) is 5.56 Å². The summed E-state index contributed by atoms with van der Waals surface area (Å²) in [4.78, 5) is 1.48. The van der Waals surface area contributed by atoms with Crippen LogP contribution in [0.2, 0.25) is 0 Å². The molecule has 1 N–H and O–H groups in total. The van der Waals surface area contributed by atoms with Crippen LogP contribution in [0.1, 0.15) is 36.9 Å². The summed E-state index contributed by atoms with van der Waals surface area (Å²) in [5.41, 5.74) is 1.10. The van der Waals surface area contributed by atoms with Crippen molar-refractivity contribution in [3.63, 3.8) is 0 Å². The lowest BCUT2D eigenvalue weighted by molar-refractivity contribution is -0.188. The summed E-state index contributed by atoms with van der Waals surface area (Å²) >= 11 is 0. The van der Waals surface area contributed by atoms with Gasteiger partial charge in [-0.15, -0.1) is 12.4 Å². The summed E-state index contributed by atoms with van der Waals surface area (Å²) < 4.78 is 46.4. The standard InChI is InChI=1S/C16H23F3N2O.ClH/c1-11(2)12-4-5-14(22-3)13(10-12)15(16(17,18)19)21-8-6-20-7-9-21;/h4-5,10-11,15,20H,6-9H2,1-3H3;1H/t15-;/m1./s1. The normalized spacial score (nSPS) is 17.7. The topological polar surface area (TPSA) is 24.5 Å². The van der Waals surface area contributed by atoms with Gasteiger partial charge in [-0.05, 0) is 23.6 Å². The number of hydrogen-bond donors (Lipinski definition) is 1. The second-order valence-electron chi connectivity index (χ2n) is 5.89. The van der Waals surface area contributed by atoms with Crippen LogP contribution in [-0.4, -0.2) is 44.4 Å². The number of hydrogen-bond acceptors (Lipinski definition) is 3. The Kier molecular flexibility index (Phi) is 7.17. The Hall–Kier alpha value is -0.980. The lowest BCUT2D eigenvalue weighted by Gasteiger charge is -2.37. The van der Waals surface area contributed by atoms with Gasteiger partial charge in [-0.2, -0.15) is 13.2 Å². The van der Waals surface area contributed by atoms with E-state index in [1.165, 1.54) is 12.0 Å². The van der Waals surface area contributed by atoms with E-state index in [1.54, 1.807) is 12.1 Å². The van der Waals surface area contributed by atoms with E-state index >= 15 is 0 Å². The molecule has 1 aromatic rings. The maximum atomic E-state index is 13.7. The molecule has 1 aliphatic rings. The van der Waals surface area contributed by atoms with Crippen molar-refractivity contribution >= 4 is 12.4 Å². The zero-order valence-corrected chi connectivity index (χ0v) is 14.4. The minimum atomic E-state index is -4.33. The summed E-state index contributed by atoms with van der Waals surface area (Å²) in [6, 6.07) is 3.50. The molecule has 1 aromatic carbocycles. The number of rotatable bonds is 4. The molecule has 0 spiro atoms. The van der Waals surface area contributed by atoms with Gasteiger partial charge in [-0.3, -0.25) is 4.90 Å². The predicted molar refractivity (Wildman–Crippen MR) is 87.6 cm³/mol. The second-order valence-corrected chi connectivity index (χ2v) is 5.89.